The highest BCUT2D eigenvalue weighted by Crippen LogP contribution is 2.22. The summed E-state index contributed by atoms with van der Waals surface area (Å²) in [5.74, 6) is 0.171. The second-order valence-corrected chi connectivity index (χ2v) is 7.62. The average Bonchev–Trinajstić information content (AvgIpc) is 2.94. The molecule has 9 nitrogen and oxygen atoms in total. The summed E-state index contributed by atoms with van der Waals surface area (Å²) in [6, 6.07) is 8.94. The predicted octanol–water partition coefficient (Wildman–Crippen LogP) is 1.17. The van der Waals surface area contributed by atoms with Crippen LogP contribution in [0.25, 0.3) is 0 Å². The lowest BCUT2D eigenvalue weighted by atomic mass is 10.2. The van der Waals surface area contributed by atoms with Crippen molar-refractivity contribution in [3.8, 4) is 5.88 Å². The molecule has 2 aromatic rings. The van der Waals surface area contributed by atoms with Gasteiger partial charge >= 0.3 is 0 Å². The number of fused-ring (bicyclic) bond motifs is 1. The Kier molecular flexibility index (Phi) is 5.90. The van der Waals surface area contributed by atoms with Gasteiger partial charge in [0.2, 0.25) is 11.8 Å². The number of carbonyl (C=O) groups is 1. The van der Waals surface area contributed by atoms with Gasteiger partial charge < -0.3 is 14.8 Å². The summed E-state index contributed by atoms with van der Waals surface area (Å²) in [6.45, 7) is 2.40. The third-order valence-corrected chi connectivity index (χ3v) is 5.30. The van der Waals surface area contributed by atoms with Gasteiger partial charge in [0.05, 0.1) is 23.4 Å². The number of benzene rings is 1. The quantitative estimate of drug-likeness (QED) is 0.669. The molecule has 0 radical (unpaired) electrons. The second kappa shape index (κ2) is 8.36. The number of anilines is 1. The number of hydrogen-bond donors (Lipinski definition) is 2. The minimum atomic E-state index is -3.64. The highest BCUT2D eigenvalue weighted by Gasteiger charge is 2.31. The van der Waals surface area contributed by atoms with Crippen LogP contribution in [-0.2, 0) is 19.6 Å². The van der Waals surface area contributed by atoms with E-state index in [1.54, 1.807) is 44.4 Å². The van der Waals surface area contributed by atoms with Crippen LogP contribution in [0, 0.1) is 0 Å². The minimum Gasteiger partial charge on any atom is -0.475 e. The standard InChI is InChI=1S/C18H20N4O5S/c1-12(20-17-14-5-3-4-6-15(14)28(24,25)22-17)18(23)21-13-7-8-16(19-11-13)27-10-9-26-2/h3-8,11-12H,9-10H2,1-2H3,(H,20,22)(H,21,23)/t12-/m0/s1. The molecular formula is C18H20N4O5S. The lowest BCUT2D eigenvalue weighted by Crippen LogP contribution is -2.28. The Hall–Kier alpha value is -2.98. The topological polar surface area (TPSA) is 119 Å². The zero-order chi connectivity index (χ0) is 20.1. The van der Waals surface area contributed by atoms with Gasteiger partial charge in [0.15, 0.2) is 0 Å². The summed E-state index contributed by atoms with van der Waals surface area (Å²) in [7, 11) is -2.07. The van der Waals surface area contributed by atoms with E-state index in [2.05, 4.69) is 20.0 Å². The predicted molar refractivity (Wildman–Crippen MR) is 103 cm³/mol. The van der Waals surface area contributed by atoms with Gasteiger partial charge in [-0.2, -0.15) is 0 Å². The number of nitrogens with zero attached hydrogens (tertiary/aromatic N) is 2. The summed E-state index contributed by atoms with van der Waals surface area (Å²) in [5, 5.41) is 2.69. The molecule has 28 heavy (non-hydrogen) atoms. The van der Waals surface area contributed by atoms with Gasteiger partial charge in [-0.3, -0.25) is 14.5 Å². The van der Waals surface area contributed by atoms with E-state index in [9.17, 15) is 13.2 Å². The molecule has 1 amide bonds. The van der Waals surface area contributed by atoms with Crippen molar-refractivity contribution >= 4 is 27.5 Å². The molecule has 1 aliphatic heterocycles. The van der Waals surface area contributed by atoms with Gasteiger partial charge in [0.1, 0.15) is 18.5 Å². The lowest BCUT2D eigenvalue weighted by Gasteiger charge is -2.10. The third-order valence-electron chi connectivity index (χ3n) is 3.91. The number of pyridine rings is 1. The van der Waals surface area contributed by atoms with Crippen LogP contribution in [0.1, 0.15) is 12.5 Å². The fourth-order valence-corrected chi connectivity index (χ4v) is 3.74. The molecule has 2 heterocycles. The number of nitrogens with one attached hydrogen (secondary N) is 2. The molecule has 0 saturated heterocycles. The first-order chi connectivity index (χ1) is 13.4. The van der Waals surface area contributed by atoms with Gasteiger partial charge in [-0.25, -0.2) is 13.4 Å². The van der Waals surface area contributed by atoms with Gasteiger partial charge in [-0.15, -0.1) is 0 Å². The van der Waals surface area contributed by atoms with E-state index in [1.807, 2.05) is 0 Å². The number of ether oxygens (including phenoxy) is 2. The number of carbonyl (C=O) groups excluding carboxylic acids is 1. The molecule has 1 atom stereocenters. The molecule has 1 aromatic carbocycles. The van der Waals surface area contributed by atoms with Crippen LogP contribution in [0.2, 0.25) is 0 Å². The smallest absolute Gasteiger partial charge is 0.263 e. The van der Waals surface area contributed by atoms with Crippen LogP contribution < -0.4 is 14.8 Å². The van der Waals surface area contributed by atoms with Crippen LogP contribution in [0.4, 0.5) is 5.69 Å². The van der Waals surface area contributed by atoms with E-state index < -0.39 is 22.0 Å². The number of hydrogen-bond acceptors (Lipinski definition) is 7. The van der Waals surface area contributed by atoms with Crippen LogP contribution in [-0.4, -0.2) is 51.5 Å². The van der Waals surface area contributed by atoms with Gasteiger partial charge in [-0.1, -0.05) is 12.1 Å². The van der Waals surface area contributed by atoms with Crippen molar-refractivity contribution in [2.24, 2.45) is 4.99 Å². The first kappa shape index (κ1) is 19.8. The van der Waals surface area contributed by atoms with E-state index >= 15 is 0 Å². The summed E-state index contributed by atoms with van der Waals surface area (Å²) in [4.78, 5) is 20.9. The summed E-state index contributed by atoms with van der Waals surface area (Å²) < 4.78 is 36.9. The molecule has 0 fully saturated rings. The number of amidine groups is 1. The van der Waals surface area contributed by atoms with Crippen molar-refractivity contribution in [3.63, 3.8) is 0 Å². The Morgan fingerprint density at radius 3 is 2.75 bits per heavy atom. The third kappa shape index (κ3) is 4.46. The fourth-order valence-electron chi connectivity index (χ4n) is 2.50. The largest absolute Gasteiger partial charge is 0.475 e. The molecule has 0 saturated carbocycles. The number of sulfonamides is 1. The van der Waals surface area contributed by atoms with E-state index in [-0.39, 0.29) is 10.7 Å². The van der Waals surface area contributed by atoms with Gasteiger partial charge in [0.25, 0.3) is 10.0 Å². The maximum atomic E-state index is 12.4. The molecule has 2 N–H and O–H groups in total. The fraction of sp³-hybridized carbons (Fsp3) is 0.278. The molecule has 0 aliphatic carbocycles. The van der Waals surface area contributed by atoms with Gasteiger partial charge in [-0.05, 0) is 25.1 Å². The van der Waals surface area contributed by atoms with Crippen molar-refractivity contribution < 1.29 is 22.7 Å². The monoisotopic (exact) mass is 404 g/mol. The number of amides is 1. The molecule has 1 aliphatic rings. The number of aliphatic imine (C=N–C) groups is 1. The molecular weight excluding hydrogens is 384 g/mol. The first-order valence-electron chi connectivity index (χ1n) is 8.49. The first-order valence-corrected chi connectivity index (χ1v) is 9.97. The highest BCUT2D eigenvalue weighted by molar-refractivity contribution is 7.90. The Morgan fingerprint density at radius 2 is 2.04 bits per heavy atom. The van der Waals surface area contributed by atoms with Crippen LogP contribution >= 0.6 is 0 Å². The van der Waals surface area contributed by atoms with E-state index in [0.717, 1.165) is 0 Å². The zero-order valence-corrected chi connectivity index (χ0v) is 16.2. The van der Waals surface area contributed by atoms with Crippen molar-refractivity contribution in [3.05, 3.63) is 48.2 Å². The molecule has 10 heteroatoms. The van der Waals surface area contributed by atoms with Crippen LogP contribution in [0.5, 0.6) is 5.88 Å². The van der Waals surface area contributed by atoms with Gasteiger partial charge in [0, 0.05) is 18.7 Å². The highest BCUT2D eigenvalue weighted by atomic mass is 32.2. The average molecular weight is 404 g/mol. The molecule has 1 aromatic heterocycles. The number of rotatable bonds is 7. The number of aromatic nitrogens is 1. The molecule has 3 rings (SSSR count). The maximum absolute atomic E-state index is 12.4. The lowest BCUT2D eigenvalue weighted by molar-refractivity contribution is -0.117. The molecule has 148 valence electrons. The van der Waals surface area contributed by atoms with Crippen molar-refractivity contribution in [1.29, 1.82) is 0 Å². The van der Waals surface area contributed by atoms with E-state index in [1.165, 1.54) is 12.3 Å². The Labute approximate surface area is 162 Å². The van der Waals surface area contributed by atoms with Crippen molar-refractivity contribution in [2.75, 3.05) is 25.6 Å². The van der Waals surface area contributed by atoms with E-state index in [0.29, 0.717) is 30.3 Å². The normalized spacial score (nSPS) is 16.9. The van der Waals surface area contributed by atoms with Crippen LogP contribution in [0.15, 0.2) is 52.5 Å². The minimum absolute atomic E-state index is 0.148. The Morgan fingerprint density at radius 1 is 1.25 bits per heavy atom. The second-order valence-electron chi connectivity index (χ2n) is 5.97. The Bertz CT molecular complexity index is 989. The maximum Gasteiger partial charge on any atom is 0.263 e. The number of methoxy groups -OCH3 is 1. The molecule has 0 bridgehead atoms. The molecule has 0 spiro atoms. The summed E-state index contributed by atoms with van der Waals surface area (Å²) in [5.41, 5.74) is 0.921. The van der Waals surface area contributed by atoms with Crippen LogP contribution in [0.3, 0.4) is 0 Å². The van der Waals surface area contributed by atoms with Crippen molar-refractivity contribution in [1.82, 2.24) is 9.71 Å². The summed E-state index contributed by atoms with van der Waals surface area (Å²) >= 11 is 0. The van der Waals surface area contributed by atoms with Crippen molar-refractivity contribution in [2.45, 2.75) is 17.9 Å². The zero-order valence-electron chi connectivity index (χ0n) is 15.4. The SMILES string of the molecule is COCCOc1ccc(NC(=O)[C@H](C)N=C2NS(=O)(=O)c3ccccc32)cn1. The Balaban J connectivity index is 1.66. The molecule has 0 unspecified atom stereocenters. The summed E-state index contributed by atoms with van der Waals surface area (Å²) in [6.07, 6.45) is 1.47. The van der Waals surface area contributed by atoms with E-state index in [4.69, 9.17) is 9.47 Å².